The van der Waals surface area contributed by atoms with E-state index in [1.165, 1.54) is 5.56 Å². The average Bonchev–Trinajstić information content (AvgIpc) is 3.30. The number of aromatic nitrogens is 3. The molecule has 2 heterocycles. The monoisotopic (exact) mass is 392 g/mol. The van der Waals surface area contributed by atoms with Crippen molar-refractivity contribution in [1.29, 1.82) is 0 Å². The van der Waals surface area contributed by atoms with Gasteiger partial charge in [-0.25, -0.2) is 0 Å². The lowest BCUT2D eigenvalue weighted by Crippen LogP contribution is -2.30. The van der Waals surface area contributed by atoms with E-state index < -0.39 is 0 Å². The summed E-state index contributed by atoms with van der Waals surface area (Å²) in [6, 6.07) is 15.8. The molecule has 0 radical (unpaired) electrons. The fourth-order valence-electron chi connectivity index (χ4n) is 3.48. The van der Waals surface area contributed by atoms with Gasteiger partial charge in [0.1, 0.15) is 23.8 Å². The van der Waals surface area contributed by atoms with Gasteiger partial charge in [0.05, 0.1) is 12.6 Å². The average molecular weight is 392 g/mol. The van der Waals surface area contributed by atoms with Gasteiger partial charge in [-0.1, -0.05) is 35.5 Å². The molecule has 0 aliphatic carbocycles. The van der Waals surface area contributed by atoms with Crippen molar-refractivity contribution in [2.45, 2.75) is 19.4 Å². The molecule has 0 saturated heterocycles. The largest absolute Gasteiger partial charge is 0.495 e. The van der Waals surface area contributed by atoms with Gasteiger partial charge in [-0.3, -0.25) is 0 Å². The minimum atomic E-state index is -0.115. The lowest BCUT2D eigenvalue weighted by Gasteiger charge is -2.15. The minimum absolute atomic E-state index is 0.115. The van der Waals surface area contributed by atoms with E-state index in [2.05, 4.69) is 22.3 Å². The Morgan fingerprint density at radius 1 is 1.14 bits per heavy atom. The first-order valence-corrected chi connectivity index (χ1v) is 9.46. The number of nitrogens with zero attached hydrogens (tertiary/aromatic N) is 3. The Balaban J connectivity index is 1.62. The van der Waals surface area contributed by atoms with Gasteiger partial charge < -0.3 is 24.3 Å². The number of methoxy groups -OCH3 is 1. The summed E-state index contributed by atoms with van der Waals surface area (Å²) >= 11 is 0. The first-order chi connectivity index (χ1) is 14.1. The zero-order chi connectivity index (χ0) is 20.4. The zero-order valence-corrected chi connectivity index (χ0v) is 16.8. The summed E-state index contributed by atoms with van der Waals surface area (Å²) in [4.78, 5) is 4.34. The predicted octanol–water partition coefficient (Wildman–Crippen LogP) is 3.49. The zero-order valence-electron chi connectivity index (χ0n) is 16.8. The maximum Gasteiger partial charge on any atom is 0.274 e. The van der Waals surface area contributed by atoms with Crippen LogP contribution in [-0.4, -0.2) is 34.5 Å². The molecule has 7 nitrogen and oxygen atoms in total. The van der Waals surface area contributed by atoms with Crippen LogP contribution in [0.25, 0.3) is 22.5 Å². The molecule has 0 amide bonds. The van der Waals surface area contributed by atoms with Crippen LogP contribution in [-0.2, 0) is 13.5 Å². The van der Waals surface area contributed by atoms with Crippen molar-refractivity contribution in [2.75, 3.05) is 13.7 Å². The molecule has 0 fully saturated rings. The molecule has 0 bridgehead atoms. The Hall–Kier alpha value is -3.32. The molecular weight excluding hydrogens is 368 g/mol. The fraction of sp³-hybridized carbons (Fsp3) is 0.273. The quantitative estimate of drug-likeness (QED) is 0.518. The SMILES string of the molecule is COc1ccc(OC[C@H](N)Cc2ccccc2)c2cc(-c3nc(C)no3)n(C)c12. The van der Waals surface area contributed by atoms with Gasteiger partial charge in [0.15, 0.2) is 5.82 Å². The Labute approximate surface area is 169 Å². The molecular formula is C22H24N4O3. The molecule has 0 aliphatic rings. The number of ether oxygens (including phenoxy) is 2. The highest BCUT2D eigenvalue weighted by molar-refractivity contribution is 5.95. The first-order valence-electron chi connectivity index (χ1n) is 9.46. The van der Waals surface area contributed by atoms with Crippen LogP contribution in [0.4, 0.5) is 0 Å². The van der Waals surface area contributed by atoms with E-state index in [9.17, 15) is 0 Å². The van der Waals surface area contributed by atoms with Crippen LogP contribution in [0.5, 0.6) is 11.5 Å². The number of nitrogens with two attached hydrogens (primary N) is 1. The molecule has 0 aliphatic heterocycles. The van der Waals surface area contributed by atoms with Crippen molar-refractivity contribution in [1.82, 2.24) is 14.7 Å². The second-order valence-electron chi connectivity index (χ2n) is 7.02. The Bertz CT molecular complexity index is 1120. The van der Waals surface area contributed by atoms with Crippen LogP contribution in [0, 0.1) is 6.92 Å². The number of fused-ring (bicyclic) bond motifs is 1. The highest BCUT2D eigenvalue weighted by Crippen LogP contribution is 2.38. The Kier molecular flexibility index (Phi) is 5.22. The van der Waals surface area contributed by atoms with Crippen LogP contribution in [0.1, 0.15) is 11.4 Å². The summed E-state index contributed by atoms with van der Waals surface area (Å²) in [5.41, 5.74) is 9.18. The van der Waals surface area contributed by atoms with Crippen molar-refractivity contribution in [3.63, 3.8) is 0 Å². The number of rotatable bonds is 7. The van der Waals surface area contributed by atoms with E-state index in [-0.39, 0.29) is 6.04 Å². The highest BCUT2D eigenvalue weighted by atomic mass is 16.5. The van der Waals surface area contributed by atoms with Crippen LogP contribution < -0.4 is 15.2 Å². The molecule has 29 heavy (non-hydrogen) atoms. The van der Waals surface area contributed by atoms with Gasteiger partial charge in [-0.05, 0) is 37.1 Å². The van der Waals surface area contributed by atoms with Crippen LogP contribution >= 0.6 is 0 Å². The molecule has 2 aromatic carbocycles. The summed E-state index contributed by atoms with van der Waals surface area (Å²) < 4.78 is 19.0. The molecule has 4 rings (SSSR count). The van der Waals surface area contributed by atoms with Gasteiger partial charge in [0.2, 0.25) is 0 Å². The Morgan fingerprint density at radius 3 is 2.59 bits per heavy atom. The fourth-order valence-corrected chi connectivity index (χ4v) is 3.48. The summed E-state index contributed by atoms with van der Waals surface area (Å²) in [6.07, 6.45) is 0.751. The molecule has 0 unspecified atom stereocenters. The van der Waals surface area contributed by atoms with Crippen LogP contribution in [0.2, 0.25) is 0 Å². The van der Waals surface area contributed by atoms with E-state index in [1.54, 1.807) is 14.0 Å². The van der Waals surface area contributed by atoms with Crippen molar-refractivity contribution in [3.05, 3.63) is 59.9 Å². The normalized spacial score (nSPS) is 12.3. The van der Waals surface area contributed by atoms with Crippen molar-refractivity contribution < 1.29 is 14.0 Å². The summed E-state index contributed by atoms with van der Waals surface area (Å²) in [6.45, 7) is 2.19. The molecule has 1 atom stereocenters. The van der Waals surface area contributed by atoms with E-state index in [4.69, 9.17) is 19.7 Å². The summed E-state index contributed by atoms with van der Waals surface area (Å²) in [7, 11) is 3.58. The topological polar surface area (TPSA) is 88.3 Å². The summed E-state index contributed by atoms with van der Waals surface area (Å²) in [5.74, 6) is 2.52. The number of hydrogen-bond acceptors (Lipinski definition) is 6. The lowest BCUT2D eigenvalue weighted by molar-refractivity contribution is 0.290. The van der Waals surface area contributed by atoms with Crippen molar-refractivity contribution in [2.24, 2.45) is 12.8 Å². The highest BCUT2D eigenvalue weighted by Gasteiger charge is 2.19. The standard InChI is InChI=1S/C22H24N4O3/c1-14-24-22(29-25-14)18-12-17-19(9-10-20(27-3)21(17)26(18)2)28-13-16(23)11-15-7-5-4-6-8-15/h4-10,12,16H,11,13,23H2,1-3H3/t16-/m1/s1. The van der Waals surface area contributed by atoms with Crippen LogP contribution in [0.3, 0.4) is 0 Å². The number of benzene rings is 2. The van der Waals surface area contributed by atoms with E-state index in [0.29, 0.717) is 18.3 Å². The van der Waals surface area contributed by atoms with Gasteiger partial charge in [-0.15, -0.1) is 0 Å². The molecule has 7 heteroatoms. The van der Waals surface area contributed by atoms with E-state index in [0.717, 1.165) is 34.5 Å². The first kappa shape index (κ1) is 19.0. The third-order valence-electron chi connectivity index (χ3n) is 4.88. The van der Waals surface area contributed by atoms with Gasteiger partial charge >= 0.3 is 0 Å². The van der Waals surface area contributed by atoms with Crippen molar-refractivity contribution in [3.8, 4) is 23.1 Å². The van der Waals surface area contributed by atoms with Gasteiger partial charge in [0, 0.05) is 18.5 Å². The molecule has 0 saturated carbocycles. The maximum atomic E-state index is 6.29. The predicted molar refractivity (Wildman–Crippen MR) is 111 cm³/mol. The van der Waals surface area contributed by atoms with E-state index >= 15 is 0 Å². The van der Waals surface area contributed by atoms with Gasteiger partial charge in [0.25, 0.3) is 5.89 Å². The molecule has 2 N–H and O–H groups in total. The maximum absolute atomic E-state index is 6.29. The Morgan fingerprint density at radius 2 is 1.90 bits per heavy atom. The number of aryl methyl sites for hydroxylation is 2. The molecule has 2 aromatic heterocycles. The molecule has 4 aromatic rings. The second kappa shape index (κ2) is 7.97. The molecule has 150 valence electrons. The van der Waals surface area contributed by atoms with Crippen LogP contribution in [0.15, 0.2) is 53.1 Å². The van der Waals surface area contributed by atoms with E-state index in [1.807, 2.05) is 48.0 Å². The third kappa shape index (κ3) is 3.82. The lowest BCUT2D eigenvalue weighted by atomic mass is 10.1. The minimum Gasteiger partial charge on any atom is -0.495 e. The smallest absolute Gasteiger partial charge is 0.274 e. The third-order valence-corrected chi connectivity index (χ3v) is 4.88. The molecule has 0 spiro atoms. The number of hydrogen-bond donors (Lipinski definition) is 1. The van der Waals surface area contributed by atoms with Gasteiger partial charge in [-0.2, -0.15) is 4.98 Å². The second-order valence-corrected chi connectivity index (χ2v) is 7.02. The summed E-state index contributed by atoms with van der Waals surface area (Å²) in [5, 5.41) is 4.80. The van der Waals surface area contributed by atoms with Crippen molar-refractivity contribution >= 4 is 10.9 Å².